The second-order valence-electron chi connectivity index (χ2n) is 8.10. The van der Waals surface area contributed by atoms with E-state index in [1.54, 1.807) is 29.5 Å². The SMILES string of the molecule is C[C@@H](Cc1cccs1)N(Cc1ccccc1)C(=O)c1cccc(S(=O)(=O)N2CCOCC2)c1. The largest absolute Gasteiger partial charge is 0.379 e. The van der Waals surface area contributed by atoms with E-state index in [2.05, 4.69) is 6.07 Å². The molecule has 0 saturated carbocycles. The molecule has 1 saturated heterocycles. The van der Waals surface area contributed by atoms with Gasteiger partial charge in [-0.25, -0.2) is 8.42 Å². The number of ether oxygens (including phenoxy) is 1. The minimum Gasteiger partial charge on any atom is -0.379 e. The van der Waals surface area contributed by atoms with Gasteiger partial charge in [0.25, 0.3) is 5.91 Å². The third-order valence-corrected chi connectivity index (χ3v) is 8.55. The van der Waals surface area contributed by atoms with Crippen LogP contribution in [0.2, 0.25) is 0 Å². The predicted octanol–water partition coefficient (Wildman–Crippen LogP) is 4.04. The van der Waals surface area contributed by atoms with Gasteiger partial charge < -0.3 is 9.64 Å². The van der Waals surface area contributed by atoms with Crippen LogP contribution in [0.1, 0.15) is 27.7 Å². The van der Waals surface area contributed by atoms with Crippen molar-refractivity contribution >= 4 is 27.3 Å². The molecule has 0 unspecified atom stereocenters. The van der Waals surface area contributed by atoms with Crippen molar-refractivity contribution in [3.05, 3.63) is 88.1 Å². The van der Waals surface area contributed by atoms with Crippen molar-refractivity contribution in [3.8, 4) is 0 Å². The average molecular weight is 485 g/mol. The summed E-state index contributed by atoms with van der Waals surface area (Å²) in [6, 6.07) is 20.3. The summed E-state index contributed by atoms with van der Waals surface area (Å²) >= 11 is 1.67. The van der Waals surface area contributed by atoms with Crippen LogP contribution in [0, 0.1) is 0 Å². The smallest absolute Gasteiger partial charge is 0.254 e. The minimum atomic E-state index is -3.68. The van der Waals surface area contributed by atoms with Gasteiger partial charge in [0.2, 0.25) is 10.0 Å². The molecule has 0 bridgehead atoms. The van der Waals surface area contributed by atoms with E-state index in [0.717, 1.165) is 12.0 Å². The van der Waals surface area contributed by atoms with Crippen LogP contribution in [-0.2, 0) is 27.7 Å². The van der Waals surface area contributed by atoms with E-state index < -0.39 is 10.0 Å². The van der Waals surface area contributed by atoms with Gasteiger partial charge in [-0.2, -0.15) is 4.31 Å². The lowest BCUT2D eigenvalue weighted by Crippen LogP contribution is -2.41. The maximum Gasteiger partial charge on any atom is 0.254 e. The van der Waals surface area contributed by atoms with Crippen LogP contribution in [0.5, 0.6) is 0 Å². The van der Waals surface area contributed by atoms with Crippen LogP contribution in [0.25, 0.3) is 0 Å². The first-order valence-electron chi connectivity index (χ1n) is 11.0. The summed E-state index contributed by atoms with van der Waals surface area (Å²) in [5.74, 6) is -0.179. The summed E-state index contributed by atoms with van der Waals surface area (Å²) in [5.41, 5.74) is 1.40. The molecule has 0 aliphatic carbocycles. The molecule has 1 atom stereocenters. The highest BCUT2D eigenvalue weighted by Gasteiger charge is 2.28. The van der Waals surface area contributed by atoms with Crippen LogP contribution in [0.15, 0.2) is 77.0 Å². The fraction of sp³-hybridized carbons (Fsp3) is 0.320. The Balaban J connectivity index is 1.62. The Labute approximate surface area is 199 Å². The number of hydrogen-bond donors (Lipinski definition) is 0. The fourth-order valence-electron chi connectivity index (χ4n) is 3.93. The fourth-order valence-corrected chi connectivity index (χ4v) is 6.21. The second kappa shape index (κ2) is 10.6. The van der Waals surface area contributed by atoms with E-state index in [9.17, 15) is 13.2 Å². The van der Waals surface area contributed by atoms with E-state index in [1.807, 2.05) is 53.6 Å². The molecule has 3 aromatic rings. The molecule has 1 fully saturated rings. The van der Waals surface area contributed by atoms with E-state index in [0.29, 0.717) is 38.4 Å². The summed E-state index contributed by atoms with van der Waals surface area (Å²) in [4.78, 5) is 16.8. The number of amides is 1. The Bertz CT molecular complexity index is 1160. The molecule has 6 nitrogen and oxygen atoms in total. The molecule has 1 amide bonds. The molecule has 2 aromatic carbocycles. The lowest BCUT2D eigenvalue weighted by molar-refractivity contribution is 0.0675. The third kappa shape index (κ3) is 5.70. The standard InChI is InChI=1S/C25H28N2O4S2/c1-20(17-23-10-6-16-32-23)27(19-21-7-3-2-4-8-21)25(28)22-9-5-11-24(18-22)33(29,30)26-12-14-31-15-13-26/h2-11,16,18,20H,12-15,17,19H2,1H3/t20-/m0/s1. The first-order chi connectivity index (χ1) is 15.9. The number of carbonyl (C=O) groups is 1. The molecule has 1 aliphatic rings. The number of morpholine rings is 1. The van der Waals surface area contributed by atoms with Gasteiger partial charge in [0.1, 0.15) is 0 Å². The quantitative estimate of drug-likeness (QED) is 0.484. The second-order valence-corrected chi connectivity index (χ2v) is 11.1. The van der Waals surface area contributed by atoms with Gasteiger partial charge in [0.05, 0.1) is 18.1 Å². The molecular formula is C25H28N2O4S2. The highest BCUT2D eigenvalue weighted by atomic mass is 32.2. The molecule has 8 heteroatoms. The number of sulfonamides is 1. The minimum absolute atomic E-state index is 0.0594. The third-order valence-electron chi connectivity index (χ3n) is 5.75. The van der Waals surface area contributed by atoms with E-state index >= 15 is 0 Å². The molecule has 174 valence electrons. The lowest BCUT2D eigenvalue weighted by Gasteiger charge is -2.30. The van der Waals surface area contributed by atoms with Crippen LogP contribution < -0.4 is 0 Å². The highest BCUT2D eigenvalue weighted by molar-refractivity contribution is 7.89. The highest BCUT2D eigenvalue weighted by Crippen LogP contribution is 2.22. The zero-order valence-electron chi connectivity index (χ0n) is 18.6. The number of carbonyl (C=O) groups excluding carboxylic acids is 1. The first-order valence-corrected chi connectivity index (χ1v) is 13.3. The van der Waals surface area contributed by atoms with Gasteiger partial charge >= 0.3 is 0 Å². The van der Waals surface area contributed by atoms with Crippen molar-refractivity contribution in [2.45, 2.75) is 30.8 Å². The number of thiophene rings is 1. The van der Waals surface area contributed by atoms with Gasteiger partial charge in [-0.1, -0.05) is 42.5 Å². The van der Waals surface area contributed by atoms with E-state index in [-0.39, 0.29) is 16.8 Å². The Morgan fingerprint density at radius 3 is 2.52 bits per heavy atom. The van der Waals surface area contributed by atoms with Crippen molar-refractivity contribution in [1.82, 2.24) is 9.21 Å². The molecular weight excluding hydrogens is 456 g/mol. The zero-order chi connectivity index (χ0) is 23.3. The summed E-state index contributed by atoms with van der Waals surface area (Å²) in [6.07, 6.45) is 0.738. The van der Waals surface area contributed by atoms with Crippen molar-refractivity contribution in [3.63, 3.8) is 0 Å². The topological polar surface area (TPSA) is 66.9 Å². The molecule has 0 radical (unpaired) electrons. The maximum atomic E-state index is 13.7. The maximum absolute atomic E-state index is 13.7. The summed E-state index contributed by atoms with van der Waals surface area (Å²) in [5, 5.41) is 2.03. The summed E-state index contributed by atoms with van der Waals surface area (Å²) in [7, 11) is -3.68. The van der Waals surface area contributed by atoms with Gasteiger partial charge in [-0.15, -0.1) is 11.3 Å². The van der Waals surface area contributed by atoms with Crippen molar-refractivity contribution in [1.29, 1.82) is 0 Å². The van der Waals surface area contributed by atoms with Crippen molar-refractivity contribution in [2.24, 2.45) is 0 Å². The van der Waals surface area contributed by atoms with Crippen molar-refractivity contribution < 1.29 is 17.9 Å². The number of nitrogens with zero attached hydrogens (tertiary/aromatic N) is 2. The average Bonchev–Trinajstić information content (AvgIpc) is 3.36. The Morgan fingerprint density at radius 2 is 1.82 bits per heavy atom. The van der Waals surface area contributed by atoms with Gasteiger partial charge in [-0.05, 0) is 42.1 Å². The molecule has 1 aliphatic heterocycles. The van der Waals surface area contributed by atoms with E-state index in [4.69, 9.17) is 4.74 Å². The normalized spacial score (nSPS) is 15.8. The van der Waals surface area contributed by atoms with Crippen LogP contribution in [-0.4, -0.2) is 55.9 Å². The Kier molecular flexibility index (Phi) is 7.60. The van der Waals surface area contributed by atoms with Gasteiger partial charge in [0.15, 0.2) is 0 Å². The molecule has 0 spiro atoms. The molecule has 0 N–H and O–H groups in total. The Morgan fingerprint density at radius 1 is 1.06 bits per heavy atom. The lowest BCUT2D eigenvalue weighted by atomic mass is 10.1. The number of rotatable bonds is 8. The summed E-state index contributed by atoms with van der Waals surface area (Å²) in [6.45, 7) is 3.88. The summed E-state index contributed by atoms with van der Waals surface area (Å²) < 4.78 is 32.9. The van der Waals surface area contributed by atoms with Crippen LogP contribution in [0.4, 0.5) is 0 Å². The predicted molar refractivity (Wildman–Crippen MR) is 130 cm³/mol. The zero-order valence-corrected chi connectivity index (χ0v) is 20.2. The van der Waals surface area contributed by atoms with Crippen LogP contribution >= 0.6 is 11.3 Å². The monoisotopic (exact) mass is 484 g/mol. The van der Waals surface area contributed by atoms with Gasteiger partial charge in [-0.3, -0.25) is 4.79 Å². The molecule has 33 heavy (non-hydrogen) atoms. The number of hydrogen-bond acceptors (Lipinski definition) is 5. The Hall–Kier alpha value is -2.52. The van der Waals surface area contributed by atoms with Crippen molar-refractivity contribution in [2.75, 3.05) is 26.3 Å². The number of benzene rings is 2. The molecule has 2 heterocycles. The first kappa shape index (κ1) is 23.6. The van der Waals surface area contributed by atoms with E-state index in [1.165, 1.54) is 15.2 Å². The van der Waals surface area contributed by atoms with Gasteiger partial charge in [0, 0.05) is 42.5 Å². The molecule has 1 aromatic heterocycles. The molecule has 4 rings (SSSR count). The van der Waals surface area contributed by atoms with Crippen LogP contribution in [0.3, 0.4) is 0 Å².